The van der Waals surface area contributed by atoms with Gasteiger partial charge in [0.2, 0.25) is 15.9 Å². The van der Waals surface area contributed by atoms with Crippen molar-refractivity contribution in [2.24, 2.45) is 0 Å². The second-order valence-electron chi connectivity index (χ2n) is 6.04. The zero-order chi connectivity index (χ0) is 19.2. The lowest BCUT2D eigenvalue weighted by Crippen LogP contribution is -2.31. The molecular weight excluding hydrogens is 350 g/mol. The molecule has 6 nitrogen and oxygen atoms in total. The van der Waals surface area contributed by atoms with Gasteiger partial charge in [0.25, 0.3) is 0 Å². The van der Waals surface area contributed by atoms with Crippen LogP contribution in [0.1, 0.15) is 18.1 Å². The largest absolute Gasteiger partial charge is 0.376 e. The fraction of sp³-hybridized carbons (Fsp3) is 0.316. The van der Waals surface area contributed by atoms with Crippen LogP contribution >= 0.6 is 0 Å². The molecule has 0 aliphatic carbocycles. The Bertz CT molecular complexity index is 864. The van der Waals surface area contributed by atoms with Gasteiger partial charge in [-0.15, -0.1) is 0 Å². The number of aryl methyl sites for hydroxylation is 1. The van der Waals surface area contributed by atoms with E-state index in [9.17, 15) is 13.2 Å². The highest BCUT2D eigenvalue weighted by Crippen LogP contribution is 2.18. The molecule has 0 saturated carbocycles. The van der Waals surface area contributed by atoms with Gasteiger partial charge in [0, 0.05) is 26.3 Å². The predicted molar refractivity (Wildman–Crippen MR) is 103 cm³/mol. The highest BCUT2D eigenvalue weighted by atomic mass is 32.2. The minimum absolute atomic E-state index is 0.125. The Balaban J connectivity index is 2.00. The number of nitrogens with one attached hydrogen (secondary N) is 2. The van der Waals surface area contributed by atoms with Crippen molar-refractivity contribution in [3.05, 3.63) is 59.7 Å². The van der Waals surface area contributed by atoms with E-state index in [4.69, 9.17) is 0 Å². The maximum atomic E-state index is 12.4. The number of carbonyl (C=O) groups is 1. The maximum Gasteiger partial charge on any atom is 0.242 e. The van der Waals surface area contributed by atoms with Crippen LogP contribution in [0.25, 0.3) is 0 Å². The Labute approximate surface area is 155 Å². The summed E-state index contributed by atoms with van der Waals surface area (Å²) in [5.41, 5.74) is 2.63. The molecule has 26 heavy (non-hydrogen) atoms. The molecule has 2 rings (SSSR count). The number of hydrogen-bond acceptors (Lipinski definition) is 4. The van der Waals surface area contributed by atoms with Crippen molar-refractivity contribution in [1.29, 1.82) is 0 Å². The molecule has 0 unspecified atom stereocenters. The average molecular weight is 375 g/mol. The van der Waals surface area contributed by atoms with Gasteiger partial charge in [-0.05, 0) is 29.7 Å². The topological polar surface area (TPSA) is 78.5 Å². The quantitative estimate of drug-likeness (QED) is 0.742. The number of rotatable bonds is 8. The molecule has 0 aliphatic heterocycles. The smallest absolute Gasteiger partial charge is 0.242 e. The van der Waals surface area contributed by atoms with Gasteiger partial charge in [-0.25, -0.2) is 12.7 Å². The van der Waals surface area contributed by atoms with Gasteiger partial charge in [0.15, 0.2) is 0 Å². The van der Waals surface area contributed by atoms with Crippen LogP contribution < -0.4 is 10.6 Å². The van der Waals surface area contributed by atoms with Crippen LogP contribution in [0.15, 0.2) is 53.4 Å². The van der Waals surface area contributed by atoms with E-state index in [0.29, 0.717) is 5.56 Å². The van der Waals surface area contributed by atoms with E-state index in [2.05, 4.69) is 17.6 Å². The number of carbonyl (C=O) groups excluding carboxylic acids is 1. The fourth-order valence-corrected chi connectivity index (χ4v) is 3.65. The number of sulfonamides is 1. The van der Waals surface area contributed by atoms with Gasteiger partial charge in [0.1, 0.15) is 0 Å². The molecule has 0 atom stereocenters. The normalized spacial score (nSPS) is 11.4. The Morgan fingerprint density at radius 2 is 1.62 bits per heavy atom. The number of nitrogens with zero attached hydrogens (tertiary/aromatic N) is 1. The van der Waals surface area contributed by atoms with E-state index in [1.165, 1.54) is 14.1 Å². The first kappa shape index (κ1) is 19.9. The van der Waals surface area contributed by atoms with Crippen LogP contribution in [0.4, 0.5) is 5.69 Å². The summed E-state index contributed by atoms with van der Waals surface area (Å²) in [5.74, 6) is -0.201. The SMILES string of the molecule is CCc1ccccc1NCC(=O)NCc1ccccc1S(=O)(=O)N(C)C. The van der Waals surface area contributed by atoms with Crippen LogP contribution in [-0.4, -0.2) is 39.3 Å². The molecule has 7 heteroatoms. The van der Waals surface area contributed by atoms with Crippen molar-refractivity contribution < 1.29 is 13.2 Å². The van der Waals surface area contributed by atoms with Crippen molar-refractivity contribution in [1.82, 2.24) is 9.62 Å². The van der Waals surface area contributed by atoms with Crippen molar-refractivity contribution >= 4 is 21.6 Å². The summed E-state index contributed by atoms with van der Waals surface area (Å²) in [6.45, 7) is 2.33. The predicted octanol–water partition coefficient (Wildman–Crippen LogP) is 2.23. The Kier molecular flexibility index (Phi) is 6.76. The van der Waals surface area contributed by atoms with Crippen LogP contribution in [-0.2, 0) is 27.8 Å². The van der Waals surface area contributed by atoms with E-state index >= 15 is 0 Å². The summed E-state index contributed by atoms with van der Waals surface area (Å²) in [7, 11) is -0.582. The van der Waals surface area contributed by atoms with Gasteiger partial charge in [0.05, 0.1) is 11.4 Å². The van der Waals surface area contributed by atoms with Crippen molar-refractivity contribution in [2.45, 2.75) is 24.8 Å². The number of hydrogen-bond donors (Lipinski definition) is 2. The molecule has 0 spiro atoms. The maximum absolute atomic E-state index is 12.4. The fourth-order valence-electron chi connectivity index (χ4n) is 2.53. The van der Waals surface area contributed by atoms with Gasteiger partial charge in [-0.2, -0.15) is 0 Å². The highest BCUT2D eigenvalue weighted by molar-refractivity contribution is 7.89. The lowest BCUT2D eigenvalue weighted by molar-refractivity contribution is -0.119. The third kappa shape index (κ3) is 4.83. The monoisotopic (exact) mass is 375 g/mol. The van der Waals surface area contributed by atoms with Gasteiger partial charge in [-0.3, -0.25) is 4.79 Å². The summed E-state index contributed by atoms with van der Waals surface area (Å²) in [6, 6.07) is 14.5. The Morgan fingerprint density at radius 3 is 2.27 bits per heavy atom. The zero-order valence-electron chi connectivity index (χ0n) is 15.3. The summed E-state index contributed by atoms with van der Waals surface area (Å²) < 4.78 is 25.9. The van der Waals surface area contributed by atoms with Crippen molar-refractivity contribution in [3.63, 3.8) is 0 Å². The first-order chi connectivity index (χ1) is 12.4. The number of para-hydroxylation sites is 1. The zero-order valence-corrected chi connectivity index (χ0v) is 16.1. The summed E-state index contributed by atoms with van der Waals surface area (Å²) >= 11 is 0. The number of benzene rings is 2. The molecule has 2 aromatic carbocycles. The van der Waals surface area contributed by atoms with Crippen LogP contribution in [0, 0.1) is 0 Å². The molecule has 0 bridgehead atoms. The van der Waals surface area contributed by atoms with E-state index in [0.717, 1.165) is 22.0 Å². The molecule has 2 aromatic rings. The summed E-state index contributed by atoms with van der Waals surface area (Å²) in [6.07, 6.45) is 0.876. The summed E-state index contributed by atoms with van der Waals surface area (Å²) in [4.78, 5) is 12.4. The van der Waals surface area contributed by atoms with Crippen LogP contribution in [0.2, 0.25) is 0 Å². The molecule has 0 saturated heterocycles. The summed E-state index contributed by atoms with van der Waals surface area (Å²) in [5, 5.41) is 5.90. The van der Waals surface area contributed by atoms with Crippen LogP contribution in [0.5, 0.6) is 0 Å². The molecule has 0 heterocycles. The number of anilines is 1. The van der Waals surface area contributed by atoms with E-state index in [-0.39, 0.29) is 23.9 Å². The third-order valence-electron chi connectivity index (χ3n) is 4.04. The Morgan fingerprint density at radius 1 is 1.00 bits per heavy atom. The molecular formula is C19H25N3O3S. The van der Waals surface area contributed by atoms with Crippen LogP contribution in [0.3, 0.4) is 0 Å². The van der Waals surface area contributed by atoms with E-state index in [1.807, 2.05) is 24.3 Å². The first-order valence-corrected chi connectivity index (χ1v) is 9.89. The van der Waals surface area contributed by atoms with Crippen molar-refractivity contribution in [2.75, 3.05) is 26.0 Å². The van der Waals surface area contributed by atoms with Crippen molar-refractivity contribution in [3.8, 4) is 0 Å². The lowest BCUT2D eigenvalue weighted by atomic mass is 10.1. The van der Waals surface area contributed by atoms with Gasteiger partial charge < -0.3 is 10.6 Å². The van der Waals surface area contributed by atoms with Gasteiger partial charge >= 0.3 is 0 Å². The second-order valence-corrected chi connectivity index (χ2v) is 8.16. The molecule has 1 amide bonds. The van der Waals surface area contributed by atoms with E-state index < -0.39 is 10.0 Å². The minimum Gasteiger partial charge on any atom is -0.376 e. The molecule has 2 N–H and O–H groups in total. The first-order valence-electron chi connectivity index (χ1n) is 8.45. The van der Waals surface area contributed by atoms with Gasteiger partial charge in [-0.1, -0.05) is 43.3 Å². The van der Waals surface area contributed by atoms with E-state index in [1.54, 1.807) is 24.3 Å². The Hall–Kier alpha value is -2.38. The lowest BCUT2D eigenvalue weighted by Gasteiger charge is -2.16. The molecule has 0 radical (unpaired) electrons. The molecule has 0 aliphatic rings. The number of amides is 1. The highest BCUT2D eigenvalue weighted by Gasteiger charge is 2.20. The standard InChI is InChI=1S/C19H25N3O3S/c1-4-15-9-5-7-11-17(15)20-14-19(23)21-13-16-10-6-8-12-18(16)26(24,25)22(2)3/h5-12,20H,4,13-14H2,1-3H3,(H,21,23). The minimum atomic E-state index is -3.55. The molecule has 140 valence electrons. The molecule has 0 aromatic heterocycles. The molecule has 0 fully saturated rings. The third-order valence-corrected chi connectivity index (χ3v) is 5.96. The second kappa shape index (κ2) is 8.82. The average Bonchev–Trinajstić information content (AvgIpc) is 2.64.